The van der Waals surface area contributed by atoms with Crippen LogP contribution in [0, 0.1) is 0 Å². The lowest BCUT2D eigenvalue weighted by molar-refractivity contribution is -0.148. The first-order chi connectivity index (χ1) is 12.1. The predicted molar refractivity (Wildman–Crippen MR) is 91.9 cm³/mol. The fourth-order valence-corrected chi connectivity index (χ4v) is 2.74. The SMILES string of the molecule is COC(=O)[C@@H]1CN(C(=O)Cc2ccc(OC)cc2)c2ccccc2O1. The van der Waals surface area contributed by atoms with Crippen LogP contribution in [-0.2, 0) is 20.7 Å². The average Bonchev–Trinajstić information content (AvgIpc) is 2.67. The molecular formula is C19H19NO5. The van der Waals surface area contributed by atoms with Gasteiger partial charge in [-0.15, -0.1) is 0 Å². The van der Waals surface area contributed by atoms with Crippen molar-refractivity contribution < 1.29 is 23.8 Å². The Bertz CT molecular complexity index is 772. The lowest BCUT2D eigenvalue weighted by Gasteiger charge is -2.33. The van der Waals surface area contributed by atoms with E-state index in [1.165, 1.54) is 7.11 Å². The van der Waals surface area contributed by atoms with E-state index in [-0.39, 0.29) is 18.9 Å². The number of fused-ring (bicyclic) bond motifs is 1. The first-order valence-electron chi connectivity index (χ1n) is 7.89. The Labute approximate surface area is 145 Å². The molecular weight excluding hydrogens is 322 g/mol. The number of esters is 1. The lowest BCUT2D eigenvalue weighted by Crippen LogP contribution is -2.48. The van der Waals surface area contributed by atoms with E-state index >= 15 is 0 Å². The van der Waals surface area contributed by atoms with Gasteiger partial charge in [-0.3, -0.25) is 4.79 Å². The van der Waals surface area contributed by atoms with Crippen LogP contribution in [-0.4, -0.2) is 38.7 Å². The maximum Gasteiger partial charge on any atom is 0.348 e. The summed E-state index contributed by atoms with van der Waals surface area (Å²) in [6.45, 7) is 0.124. The second kappa shape index (κ2) is 7.25. The molecule has 1 heterocycles. The van der Waals surface area contributed by atoms with Crippen molar-refractivity contribution in [3.8, 4) is 11.5 Å². The quantitative estimate of drug-likeness (QED) is 0.798. The minimum Gasteiger partial charge on any atom is -0.497 e. The van der Waals surface area contributed by atoms with E-state index in [1.54, 1.807) is 30.2 Å². The van der Waals surface area contributed by atoms with Crippen LogP contribution in [0.3, 0.4) is 0 Å². The van der Waals surface area contributed by atoms with Gasteiger partial charge in [0.25, 0.3) is 0 Å². The van der Waals surface area contributed by atoms with Crippen molar-refractivity contribution in [3.63, 3.8) is 0 Å². The number of anilines is 1. The highest BCUT2D eigenvalue weighted by atomic mass is 16.6. The molecule has 0 saturated heterocycles. The molecule has 0 spiro atoms. The molecule has 0 radical (unpaired) electrons. The number of hydrogen-bond donors (Lipinski definition) is 0. The molecule has 1 amide bonds. The van der Waals surface area contributed by atoms with Crippen LogP contribution in [0.15, 0.2) is 48.5 Å². The number of para-hydroxylation sites is 2. The second-order valence-corrected chi connectivity index (χ2v) is 5.63. The van der Waals surface area contributed by atoms with Crippen molar-refractivity contribution in [2.75, 3.05) is 25.7 Å². The van der Waals surface area contributed by atoms with Gasteiger partial charge in [-0.1, -0.05) is 24.3 Å². The predicted octanol–water partition coefficient (Wildman–Crippen LogP) is 2.20. The fourth-order valence-electron chi connectivity index (χ4n) is 2.74. The summed E-state index contributed by atoms with van der Waals surface area (Å²) in [7, 11) is 2.90. The lowest BCUT2D eigenvalue weighted by atomic mass is 10.1. The van der Waals surface area contributed by atoms with Gasteiger partial charge in [-0.25, -0.2) is 4.79 Å². The number of methoxy groups -OCH3 is 2. The molecule has 0 N–H and O–H groups in total. The first-order valence-corrected chi connectivity index (χ1v) is 7.89. The summed E-state index contributed by atoms with van der Waals surface area (Å²) in [5.41, 5.74) is 1.52. The third kappa shape index (κ3) is 3.57. The topological polar surface area (TPSA) is 65.1 Å². The van der Waals surface area contributed by atoms with Gasteiger partial charge in [-0.05, 0) is 29.8 Å². The van der Waals surface area contributed by atoms with Gasteiger partial charge in [0, 0.05) is 0 Å². The summed E-state index contributed by atoms with van der Waals surface area (Å²) < 4.78 is 15.5. The molecule has 0 bridgehead atoms. The van der Waals surface area contributed by atoms with Crippen molar-refractivity contribution in [2.24, 2.45) is 0 Å². The Kier molecular flexibility index (Phi) is 4.88. The standard InChI is InChI=1S/C19H19NO5/c1-23-14-9-7-13(8-10-14)11-18(21)20-12-17(19(22)24-2)25-16-6-4-3-5-15(16)20/h3-10,17H,11-12H2,1-2H3/t17-/m0/s1. The van der Waals surface area contributed by atoms with E-state index in [4.69, 9.17) is 14.2 Å². The van der Waals surface area contributed by atoms with Crippen LogP contribution in [0.1, 0.15) is 5.56 Å². The monoisotopic (exact) mass is 341 g/mol. The van der Waals surface area contributed by atoms with E-state index in [1.807, 2.05) is 30.3 Å². The Morgan fingerprint density at radius 1 is 1.12 bits per heavy atom. The molecule has 0 fully saturated rings. The van der Waals surface area contributed by atoms with Crippen LogP contribution in [0.2, 0.25) is 0 Å². The molecule has 6 nitrogen and oxygen atoms in total. The number of ether oxygens (including phenoxy) is 3. The van der Waals surface area contributed by atoms with Gasteiger partial charge in [0.1, 0.15) is 11.5 Å². The number of hydrogen-bond acceptors (Lipinski definition) is 5. The number of amides is 1. The van der Waals surface area contributed by atoms with Gasteiger partial charge in [0.15, 0.2) is 0 Å². The molecule has 1 aliphatic heterocycles. The fraction of sp³-hybridized carbons (Fsp3) is 0.263. The summed E-state index contributed by atoms with van der Waals surface area (Å²) in [5.74, 6) is 0.609. The molecule has 0 saturated carbocycles. The summed E-state index contributed by atoms with van der Waals surface area (Å²) in [5, 5.41) is 0. The third-order valence-electron chi connectivity index (χ3n) is 4.05. The van der Waals surface area contributed by atoms with Crippen molar-refractivity contribution in [1.82, 2.24) is 0 Å². The molecule has 25 heavy (non-hydrogen) atoms. The number of benzene rings is 2. The molecule has 0 aromatic heterocycles. The van der Waals surface area contributed by atoms with E-state index in [2.05, 4.69) is 0 Å². The van der Waals surface area contributed by atoms with E-state index in [0.717, 1.165) is 11.3 Å². The van der Waals surface area contributed by atoms with Crippen molar-refractivity contribution in [2.45, 2.75) is 12.5 Å². The zero-order valence-corrected chi connectivity index (χ0v) is 14.1. The molecule has 0 aliphatic carbocycles. The van der Waals surface area contributed by atoms with E-state index in [9.17, 15) is 9.59 Å². The van der Waals surface area contributed by atoms with E-state index in [0.29, 0.717) is 11.4 Å². The number of carbonyl (C=O) groups excluding carboxylic acids is 2. The summed E-state index contributed by atoms with van der Waals surface area (Å²) >= 11 is 0. The van der Waals surface area contributed by atoms with Crippen molar-refractivity contribution >= 4 is 17.6 Å². The Morgan fingerprint density at radius 2 is 1.84 bits per heavy atom. The zero-order valence-electron chi connectivity index (χ0n) is 14.1. The number of nitrogens with zero attached hydrogens (tertiary/aromatic N) is 1. The zero-order chi connectivity index (χ0) is 17.8. The van der Waals surface area contributed by atoms with Crippen LogP contribution in [0.25, 0.3) is 0 Å². The second-order valence-electron chi connectivity index (χ2n) is 5.63. The highest BCUT2D eigenvalue weighted by Gasteiger charge is 2.34. The van der Waals surface area contributed by atoms with Gasteiger partial charge >= 0.3 is 5.97 Å². The maximum atomic E-state index is 12.8. The molecule has 1 atom stereocenters. The Morgan fingerprint density at radius 3 is 2.52 bits per heavy atom. The molecule has 130 valence electrons. The van der Waals surface area contributed by atoms with Gasteiger partial charge < -0.3 is 19.1 Å². The molecule has 3 rings (SSSR count). The van der Waals surface area contributed by atoms with Gasteiger partial charge in [-0.2, -0.15) is 0 Å². The summed E-state index contributed by atoms with van der Waals surface area (Å²) in [6, 6.07) is 14.5. The highest BCUT2D eigenvalue weighted by Crippen LogP contribution is 2.33. The van der Waals surface area contributed by atoms with Crippen LogP contribution in [0.5, 0.6) is 11.5 Å². The normalized spacial score (nSPS) is 15.8. The molecule has 2 aromatic carbocycles. The van der Waals surface area contributed by atoms with Crippen molar-refractivity contribution in [3.05, 3.63) is 54.1 Å². The number of rotatable bonds is 4. The smallest absolute Gasteiger partial charge is 0.348 e. The number of carbonyl (C=O) groups is 2. The first kappa shape index (κ1) is 16.8. The van der Waals surface area contributed by atoms with E-state index < -0.39 is 12.1 Å². The Balaban J connectivity index is 1.83. The minimum atomic E-state index is -0.834. The average molecular weight is 341 g/mol. The summed E-state index contributed by atoms with van der Waals surface area (Å²) in [6.07, 6.45) is -0.619. The third-order valence-corrected chi connectivity index (χ3v) is 4.05. The van der Waals surface area contributed by atoms with Crippen LogP contribution < -0.4 is 14.4 Å². The van der Waals surface area contributed by atoms with Crippen LogP contribution in [0.4, 0.5) is 5.69 Å². The molecule has 2 aromatic rings. The maximum absolute atomic E-state index is 12.8. The van der Waals surface area contributed by atoms with Crippen LogP contribution >= 0.6 is 0 Å². The largest absolute Gasteiger partial charge is 0.497 e. The Hall–Kier alpha value is -3.02. The molecule has 6 heteroatoms. The summed E-state index contributed by atoms with van der Waals surface area (Å²) in [4.78, 5) is 26.3. The minimum absolute atomic E-state index is 0.116. The molecule has 1 aliphatic rings. The van der Waals surface area contributed by atoms with Crippen molar-refractivity contribution in [1.29, 1.82) is 0 Å². The molecule has 0 unspecified atom stereocenters. The van der Waals surface area contributed by atoms with Gasteiger partial charge in [0.2, 0.25) is 12.0 Å². The highest BCUT2D eigenvalue weighted by molar-refractivity contribution is 5.97. The van der Waals surface area contributed by atoms with Gasteiger partial charge in [0.05, 0.1) is 32.9 Å².